The van der Waals surface area contributed by atoms with E-state index in [1.165, 1.54) is 23.0 Å². The number of alkyl halides is 3. The lowest BCUT2D eigenvalue weighted by Crippen LogP contribution is -2.63. The molecule has 4 heterocycles. The maximum Gasteiger partial charge on any atom is 0.291 e. The number of hydrogen-bond acceptors (Lipinski definition) is 9. The van der Waals surface area contributed by atoms with Gasteiger partial charge in [-0.25, -0.2) is 26.3 Å². The third kappa shape index (κ3) is 4.85. The molecule has 0 unspecified atom stereocenters. The van der Waals surface area contributed by atoms with Gasteiger partial charge in [-0.15, -0.1) is 10.2 Å². The van der Waals surface area contributed by atoms with Crippen molar-refractivity contribution < 1.29 is 31.1 Å². The summed E-state index contributed by atoms with van der Waals surface area (Å²) in [7, 11) is -4.22. The highest BCUT2D eigenvalue weighted by molar-refractivity contribution is 7.89. The van der Waals surface area contributed by atoms with Gasteiger partial charge in [0, 0.05) is 43.2 Å². The van der Waals surface area contributed by atoms with Crippen molar-refractivity contribution in [1.82, 2.24) is 29.6 Å². The van der Waals surface area contributed by atoms with Crippen LogP contribution in [0.3, 0.4) is 0 Å². The minimum absolute atomic E-state index is 0.0356. The fraction of sp³-hybridized carbons (Fsp3) is 0.545. The van der Waals surface area contributed by atoms with Crippen LogP contribution in [0.4, 0.5) is 18.9 Å². The normalized spacial score (nSPS) is 18.0. The van der Waals surface area contributed by atoms with Gasteiger partial charge >= 0.3 is 0 Å². The van der Waals surface area contributed by atoms with Crippen LogP contribution < -0.4 is 9.62 Å². The average molecular weight is 574 g/mol. The highest BCUT2D eigenvalue weighted by Crippen LogP contribution is 2.35. The third-order valence-corrected chi connectivity index (χ3v) is 9.00. The molecule has 0 saturated carbocycles. The molecule has 0 radical (unpaired) electrons. The molecule has 2 aliphatic rings. The van der Waals surface area contributed by atoms with Crippen LogP contribution in [0.2, 0.25) is 0 Å². The Bertz CT molecular complexity index is 1440. The summed E-state index contributed by atoms with van der Waals surface area (Å²) < 4.78 is 75.5. The molecule has 2 saturated heterocycles. The van der Waals surface area contributed by atoms with Gasteiger partial charge < -0.3 is 14.5 Å². The molecule has 38 heavy (non-hydrogen) atoms. The number of ether oxygens (including phenoxy) is 1. The molecule has 2 fully saturated rings. The molecule has 3 aromatic rings. The van der Waals surface area contributed by atoms with Gasteiger partial charge in [0.15, 0.2) is 5.01 Å². The topological polar surface area (TPSA) is 123 Å². The number of anilines is 1. The number of fused-ring (bicyclic) bond motifs is 1. The third-order valence-electron chi connectivity index (χ3n) is 6.54. The van der Waals surface area contributed by atoms with E-state index in [-0.39, 0.29) is 35.1 Å². The second kappa shape index (κ2) is 10.1. The number of halogens is 3. The first kappa shape index (κ1) is 26.8. The number of hydrogen-bond donors (Lipinski definition) is 1. The van der Waals surface area contributed by atoms with E-state index in [4.69, 9.17) is 4.74 Å². The first-order valence-corrected chi connectivity index (χ1v) is 14.2. The molecule has 0 aliphatic carbocycles. The van der Waals surface area contributed by atoms with Crippen LogP contribution in [0.15, 0.2) is 23.2 Å². The fourth-order valence-electron chi connectivity index (χ4n) is 4.44. The Labute approximate surface area is 220 Å². The number of benzene rings is 1. The van der Waals surface area contributed by atoms with Crippen molar-refractivity contribution in [3.05, 3.63) is 23.3 Å². The summed E-state index contributed by atoms with van der Waals surface area (Å²) >= 11 is 0.640. The van der Waals surface area contributed by atoms with Gasteiger partial charge in [0.1, 0.15) is 12.2 Å². The van der Waals surface area contributed by atoms with E-state index in [1.54, 1.807) is 4.90 Å². The van der Waals surface area contributed by atoms with Crippen LogP contribution in [-0.4, -0.2) is 90.8 Å². The first-order valence-electron chi connectivity index (χ1n) is 11.9. The number of amides is 1. The highest BCUT2D eigenvalue weighted by Gasteiger charge is 2.43. The predicted octanol–water partition coefficient (Wildman–Crippen LogP) is 2.14. The van der Waals surface area contributed by atoms with Crippen LogP contribution in [0.5, 0.6) is 0 Å². The molecular weight excluding hydrogens is 547 g/mol. The molecule has 0 bridgehead atoms. The van der Waals surface area contributed by atoms with Gasteiger partial charge in [-0.3, -0.25) is 4.79 Å². The molecule has 0 spiro atoms. The number of carbonyl (C=O) groups is 1. The number of carbonyl (C=O) groups excluding carboxylic acids is 1. The SMILES string of the molecule is CC(C)C(=O)N1CCN(c2cc(S(=O)(=O)NC3(CF)COC3)cc3c2cnn3-c2nnc(C(F)F)s2)CC1. The Hall–Kier alpha value is -2.82. The van der Waals surface area contributed by atoms with E-state index in [1.807, 2.05) is 18.7 Å². The average Bonchev–Trinajstić information content (AvgIpc) is 3.53. The Kier molecular flexibility index (Phi) is 7.08. The molecule has 5 rings (SSSR count). The van der Waals surface area contributed by atoms with Crippen LogP contribution in [0.25, 0.3) is 16.0 Å². The van der Waals surface area contributed by atoms with Crippen LogP contribution >= 0.6 is 11.3 Å². The second-order valence-electron chi connectivity index (χ2n) is 9.63. The molecule has 0 atom stereocenters. The van der Waals surface area contributed by atoms with Gasteiger partial charge in [-0.05, 0) is 12.1 Å². The summed E-state index contributed by atoms with van der Waals surface area (Å²) in [6.07, 6.45) is -1.31. The Morgan fingerprint density at radius 1 is 1.18 bits per heavy atom. The van der Waals surface area contributed by atoms with Crippen LogP contribution in [-0.2, 0) is 19.6 Å². The maximum absolute atomic E-state index is 13.7. The number of piperazine rings is 1. The Morgan fingerprint density at radius 3 is 2.45 bits per heavy atom. The summed E-state index contributed by atoms with van der Waals surface area (Å²) in [5, 5.41) is 11.7. The Balaban J connectivity index is 1.57. The smallest absolute Gasteiger partial charge is 0.291 e. The van der Waals surface area contributed by atoms with E-state index in [9.17, 15) is 26.4 Å². The summed E-state index contributed by atoms with van der Waals surface area (Å²) in [6, 6.07) is 2.83. The lowest BCUT2D eigenvalue weighted by atomic mass is 10.0. The van der Waals surface area contributed by atoms with Crippen molar-refractivity contribution in [2.75, 3.05) is 51.0 Å². The number of aromatic nitrogens is 4. The van der Waals surface area contributed by atoms with E-state index >= 15 is 0 Å². The molecule has 1 N–H and O–H groups in total. The monoisotopic (exact) mass is 573 g/mol. The minimum Gasteiger partial charge on any atom is -0.377 e. The summed E-state index contributed by atoms with van der Waals surface area (Å²) in [5.41, 5.74) is -0.509. The predicted molar refractivity (Wildman–Crippen MR) is 133 cm³/mol. The highest BCUT2D eigenvalue weighted by atomic mass is 32.2. The van der Waals surface area contributed by atoms with Crippen molar-refractivity contribution >= 4 is 43.9 Å². The van der Waals surface area contributed by atoms with E-state index < -0.39 is 33.7 Å². The van der Waals surface area contributed by atoms with Crippen molar-refractivity contribution in [2.24, 2.45) is 5.92 Å². The van der Waals surface area contributed by atoms with Gasteiger partial charge in [-0.1, -0.05) is 25.2 Å². The lowest BCUT2D eigenvalue weighted by Gasteiger charge is -2.39. The van der Waals surface area contributed by atoms with E-state index in [2.05, 4.69) is 20.0 Å². The summed E-state index contributed by atoms with van der Waals surface area (Å²) in [6.45, 7) is 4.30. The minimum atomic E-state index is -4.22. The van der Waals surface area contributed by atoms with E-state index in [0.29, 0.717) is 54.1 Å². The summed E-state index contributed by atoms with van der Waals surface area (Å²) in [5.74, 6) is -0.108. The van der Waals surface area contributed by atoms with Crippen LogP contribution in [0, 0.1) is 5.92 Å². The molecule has 16 heteroatoms. The molecular formula is C22H26F3N7O4S2. The van der Waals surface area contributed by atoms with Gasteiger partial charge in [0.2, 0.25) is 21.1 Å². The largest absolute Gasteiger partial charge is 0.377 e. The molecule has 1 aromatic carbocycles. The zero-order valence-electron chi connectivity index (χ0n) is 20.6. The molecule has 2 aromatic heterocycles. The quantitative estimate of drug-likeness (QED) is 0.435. The van der Waals surface area contributed by atoms with Crippen molar-refractivity contribution in [2.45, 2.75) is 30.7 Å². The lowest BCUT2D eigenvalue weighted by molar-refractivity contribution is -0.134. The van der Waals surface area contributed by atoms with Crippen LogP contribution in [0.1, 0.15) is 25.3 Å². The zero-order chi connectivity index (χ0) is 27.2. The second-order valence-corrected chi connectivity index (χ2v) is 12.3. The van der Waals surface area contributed by atoms with Gasteiger partial charge in [0.25, 0.3) is 6.43 Å². The molecule has 206 valence electrons. The molecule has 11 nitrogen and oxygen atoms in total. The van der Waals surface area contributed by atoms with Crippen molar-refractivity contribution in [1.29, 1.82) is 0 Å². The first-order chi connectivity index (χ1) is 18.0. The van der Waals surface area contributed by atoms with Crippen molar-refractivity contribution in [3.63, 3.8) is 0 Å². The molecule has 1 amide bonds. The van der Waals surface area contributed by atoms with Gasteiger partial charge in [0.05, 0.1) is 29.8 Å². The standard InChI is InChI=1S/C22H26F3N7O4S2/c1-13(2)20(33)31-5-3-30(4-6-31)16-7-14(38(34,35)29-22(10-23)11-36-12-22)8-17-15(16)9-26-32(17)21-28-27-19(37-21)18(24)25/h7-9,13,18,29H,3-6,10-12H2,1-2H3. The molecule has 2 aliphatic heterocycles. The number of sulfonamides is 1. The van der Waals surface area contributed by atoms with Crippen molar-refractivity contribution in [3.8, 4) is 5.13 Å². The number of nitrogens with zero attached hydrogens (tertiary/aromatic N) is 6. The summed E-state index contributed by atoms with van der Waals surface area (Å²) in [4.78, 5) is 16.0. The number of rotatable bonds is 8. The fourth-order valence-corrected chi connectivity index (χ4v) is 6.51. The maximum atomic E-state index is 13.7. The van der Waals surface area contributed by atoms with Gasteiger partial charge in [-0.2, -0.15) is 9.82 Å². The zero-order valence-corrected chi connectivity index (χ0v) is 22.2. The Morgan fingerprint density at radius 2 is 1.89 bits per heavy atom. The van der Waals surface area contributed by atoms with E-state index in [0.717, 1.165) is 0 Å². The number of nitrogens with one attached hydrogen (secondary N) is 1.